The van der Waals surface area contributed by atoms with Gasteiger partial charge < -0.3 is 5.11 Å². The Morgan fingerprint density at radius 2 is 1.83 bits per heavy atom. The summed E-state index contributed by atoms with van der Waals surface area (Å²) in [5.41, 5.74) is -1.04. The lowest BCUT2D eigenvalue weighted by Crippen LogP contribution is -2.16. The number of aromatic hydroxyl groups is 1. The molecule has 0 amide bonds. The Bertz CT molecular complexity index is 533. The maximum absolute atomic E-state index is 12.3. The minimum atomic E-state index is -4.56. The molecule has 0 radical (unpaired) electrons. The molecule has 0 aliphatic rings. The van der Waals surface area contributed by atoms with Gasteiger partial charge in [0.25, 0.3) is 0 Å². The van der Waals surface area contributed by atoms with Crippen molar-refractivity contribution in [1.82, 2.24) is 0 Å². The Kier molecular flexibility index (Phi) is 3.95. The number of benzene rings is 1. The van der Waals surface area contributed by atoms with Gasteiger partial charge in [-0.15, -0.1) is 0 Å². The lowest BCUT2D eigenvalue weighted by Gasteiger charge is -2.11. The SMILES string of the molecule is CC(C)S(=O)(=O)Cc1ccc(C(F)(F)F)cc1O. The van der Waals surface area contributed by atoms with Crippen LogP contribution in [0.25, 0.3) is 0 Å². The van der Waals surface area contributed by atoms with Crippen LogP contribution in [0.4, 0.5) is 13.2 Å². The third kappa shape index (κ3) is 3.38. The monoisotopic (exact) mass is 282 g/mol. The fourth-order valence-corrected chi connectivity index (χ4v) is 2.26. The highest BCUT2D eigenvalue weighted by Gasteiger charge is 2.31. The van der Waals surface area contributed by atoms with E-state index in [1.54, 1.807) is 0 Å². The number of sulfone groups is 1. The summed E-state index contributed by atoms with van der Waals surface area (Å²) in [5.74, 6) is -1.14. The zero-order valence-corrected chi connectivity index (χ0v) is 10.6. The average Bonchev–Trinajstić information content (AvgIpc) is 2.19. The highest BCUT2D eigenvalue weighted by atomic mass is 32.2. The second kappa shape index (κ2) is 4.79. The van der Waals surface area contributed by atoms with E-state index in [-0.39, 0.29) is 5.56 Å². The van der Waals surface area contributed by atoms with Gasteiger partial charge in [0.15, 0.2) is 9.84 Å². The molecule has 0 fully saturated rings. The molecule has 1 aromatic rings. The molecule has 0 saturated carbocycles. The van der Waals surface area contributed by atoms with E-state index >= 15 is 0 Å². The van der Waals surface area contributed by atoms with E-state index in [0.717, 1.165) is 12.1 Å². The van der Waals surface area contributed by atoms with Crippen molar-refractivity contribution in [3.05, 3.63) is 29.3 Å². The van der Waals surface area contributed by atoms with E-state index in [0.29, 0.717) is 6.07 Å². The number of hydrogen-bond acceptors (Lipinski definition) is 3. The number of alkyl halides is 3. The largest absolute Gasteiger partial charge is 0.508 e. The van der Waals surface area contributed by atoms with Crippen molar-refractivity contribution in [2.24, 2.45) is 0 Å². The molecule has 0 aromatic heterocycles. The van der Waals surface area contributed by atoms with Crippen molar-refractivity contribution in [2.75, 3.05) is 0 Å². The minimum absolute atomic E-state index is 0.0308. The Labute approximate surface area is 103 Å². The first-order valence-electron chi connectivity index (χ1n) is 5.14. The molecular weight excluding hydrogens is 269 g/mol. The van der Waals surface area contributed by atoms with E-state index < -0.39 is 38.3 Å². The van der Waals surface area contributed by atoms with Crippen LogP contribution in [0, 0.1) is 0 Å². The molecule has 18 heavy (non-hydrogen) atoms. The molecule has 1 rings (SSSR count). The van der Waals surface area contributed by atoms with Crippen molar-refractivity contribution < 1.29 is 26.7 Å². The fourth-order valence-electron chi connectivity index (χ4n) is 1.25. The van der Waals surface area contributed by atoms with Gasteiger partial charge >= 0.3 is 6.18 Å². The summed E-state index contributed by atoms with van der Waals surface area (Å²) < 4.78 is 60.2. The van der Waals surface area contributed by atoms with Crippen LogP contribution in [-0.2, 0) is 21.8 Å². The van der Waals surface area contributed by atoms with Gasteiger partial charge in [-0.25, -0.2) is 8.42 Å². The predicted molar refractivity (Wildman–Crippen MR) is 60.9 cm³/mol. The van der Waals surface area contributed by atoms with E-state index in [2.05, 4.69) is 0 Å². The highest BCUT2D eigenvalue weighted by Crippen LogP contribution is 2.33. The molecule has 0 saturated heterocycles. The van der Waals surface area contributed by atoms with Gasteiger partial charge in [-0.2, -0.15) is 13.2 Å². The van der Waals surface area contributed by atoms with Gasteiger partial charge in [0.2, 0.25) is 0 Å². The van der Waals surface area contributed by atoms with Crippen LogP contribution in [0.5, 0.6) is 5.75 Å². The second-order valence-corrected chi connectivity index (χ2v) is 6.75. The summed E-state index contributed by atoms with van der Waals surface area (Å²) in [7, 11) is -3.46. The molecule has 0 spiro atoms. The molecule has 1 N–H and O–H groups in total. The molecule has 102 valence electrons. The summed E-state index contributed by atoms with van der Waals surface area (Å²) in [5, 5.41) is 8.78. The van der Waals surface area contributed by atoms with Crippen LogP contribution in [0.2, 0.25) is 0 Å². The molecule has 7 heteroatoms. The zero-order chi connectivity index (χ0) is 14.1. The van der Waals surface area contributed by atoms with Crippen LogP contribution in [0.1, 0.15) is 25.0 Å². The van der Waals surface area contributed by atoms with Crippen LogP contribution in [-0.4, -0.2) is 18.8 Å². The van der Waals surface area contributed by atoms with Gasteiger partial charge in [-0.1, -0.05) is 6.07 Å². The van der Waals surface area contributed by atoms with Gasteiger partial charge in [-0.3, -0.25) is 0 Å². The summed E-state index contributed by atoms with van der Waals surface area (Å²) in [6, 6.07) is 2.27. The first kappa shape index (κ1) is 14.8. The van der Waals surface area contributed by atoms with Crippen molar-refractivity contribution >= 4 is 9.84 Å². The van der Waals surface area contributed by atoms with E-state index in [1.807, 2.05) is 0 Å². The van der Waals surface area contributed by atoms with Crippen LogP contribution in [0.3, 0.4) is 0 Å². The number of rotatable bonds is 3. The molecule has 0 heterocycles. The Morgan fingerprint density at radius 1 is 1.28 bits per heavy atom. The maximum Gasteiger partial charge on any atom is 0.416 e. The zero-order valence-electron chi connectivity index (χ0n) is 9.82. The number of phenols is 1. The number of halogens is 3. The second-order valence-electron chi connectivity index (χ2n) is 4.20. The minimum Gasteiger partial charge on any atom is -0.508 e. The summed E-state index contributed by atoms with van der Waals surface area (Å²) >= 11 is 0. The van der Waals surface area contributed by atoms with Crippen molar-refractivity contribution in [3.8, 4) is 5.75 Å². The van der Waals surface area contributed by atoms with Gasteiger partial charge in [0.05, 0.1) is 16.6 Å². The summed E-state index contributed by atoms with van der Waals surface area (Å²) in [6.07, 6.45) is -4.56. The van der Waals surface area contributed by atoms with Gasteiger partial charge in [0, 0.05) is 5.56 Å². The average molecular weight is 282 g/mol. The predicted octanol–water partition coefficient (Wildman–Crippen LogP) is 2.73. The third-order valence-corrected chi connectivity index (χ3v) is 4.64. The molecule has 0 atom stereocenters. The molecular formula is C11H13F3O3S. The smallest absolute Gasteiger partial charge is 0.416 e. The Hall–Kier alpha value is -1.24. The van der Waals surface area contributed by atoms with Gasteiger partial charge in [-0.05, 0) is 26.0 Å². The topological polar surface area (TPSA) is 54.4 Å². The first-order chi connectivity index (χ1) is 8.04. The lowest BCUT2D eigenvalue weighted by atomic mass is 10.1. The normalized spacial score (nSPS) is 13.0. The van der Waals surface area contributed by atoms with Crippen molar-refractivity contribution in [3.63, 3.8) is 0 Å². The lowest BCUT2D eigenvalue weighted by molar-refractivity contribution is -0.137. The first-order valence-corrected chi connectivity index (χ1v) is 6.86. The molecule has 0 bridgehead atoms. The summed E-state index contributed by atoms with van der Waals surface area (Å²) in [4.78, 5) is 0. The summed E-state index contributed by atoms with van der Waals surface area (Å²) in [6.45, 7) is 2.94. The van der Waals surface area contributed by atoms with Crippen LogP contribution < -0.4 is 0 Å². The van der Waals surface area contributed by atoms with Crippen molar-refractivity contribution in [1.29, 1.82) is 0 Å². The van der Waals surface area contributed by atoms with Crippen LogP contribution in [0.15, 0.2) is 18.2 Å². The third-order valence-electron chi connectivity index (χ3n) is 2.49. The number of phenolic OH excluding ortho intramolecular Hbond substituents is 1. The molecule has 0 aliphatic carbocycles. The maximum atomic E-state index is 12.3. The van der Waals surface area contributed by atoms with E-state index in [4.69, 9.17) is 0 Å². The van der Waals surface area contributed by atoms with E-state index in [9.17, 15) is 26.7 Å². The van der Waals surface area contributed by atoms with Crippen LogP contribution >= 0.6 is 0 Å². The standard InChI is InChI=1S/C11H13F3O3S/c1-7(2)18(16,17)6-8-3-4-9(5-10(8)15)11(12,13)14/h3-5,7,15H,6H2,1-2H3. The molecule has 1 aromatic carbocycles. The Morgan fingerprint density at radius 3 is 2.22 bits per heavy atom. The quantitative estimate of drug-likeness (QED) is 0.927. The highest BCUT2D eigenvalue weighted by molar-refractivity contribution is 7.91. The molecule has 0 unspecified atom stereocenters. The molecule has 3 nitrogen and oxygen atoms in total. The van der Waals surface area contributed by atoms with E-state index in [1.165, 1.54) is 13.8 Å². The molecule has 0 aliphatic heterocycles. The van der Waals surface area contributed by atoms with Gasteiger partial charge in [0.1, 0.15) is 5.75 Å². The fraction of sp³-hybridized carbons (Fsp3) is 0.455. The Balaban J connectivity index is 3.09. The van der Waals surface area contributed by atoms with Crippen molar-refractivity contribution in [2.45, 2.75) is 31.0 Å². The number of hydrogen-bond donors (Lipinski definition) is 1.